The molecule has 21 heavy (non-hydrogen) atoms. The van der Waals surface area contributed by atoms with Crippen molar-refractivity contribution in [2.24, 2.45) is 5.73 Å². The Hall–Kier alpha value is -2.61. The van der Waals surface area contributed by atoms with Crippen LogP contribution in [-0.4, -0.2) is 36.7 Å². The van der Waals surface area contributed by atoms with Gasteiger partial charge in [-0.25, -0.2) is 4.68 Å². The average Bonchev–Trinajstić information content (AvgIpc) is 3.16. The molecule has 0 saturated heterocycles. The lowest BCUT2D eigenvalue weighted by Gasteiger charge is -1.93. The van der Waals surface area contributed by atoms with Crippen molar-refractivity contribution in [3.63, 3.8) is 0 Å². The fourth-order valence-corrected chi connectivity index (χ4v) is 1.87. The maximum Gasteiger partial charge on any atom is 0.248 e. The molecule has 0 aromatic carbocycles. The van der Waals surface area contributed by atoms with E-state index in [1.165, 1.54) is 0 Å². The van der Waals surface area contributed by atoms with Crippen LogP contribution in [0.3, 0.4) is 0 Å². The zero-order valence-corrected chi connectivity index (χ0v) is 11.4. The number of nitrogens with two attached hydrogens (primary N) is 1. The molecule has 8 heteroatoms. The molecule has 0 aliphatic carbocycles. The number of aromatic nitrogens is 6. The quantitative estimate of drug-likeness (QED) is 0.708. The fourth-order valence-electron chi connectivity index (χ4n) is 1.87. The standard InChI is InChI=1S/C13H15N7O/c14-6-3-4-10-8-20(19-17-10)9-12-16-13(18-21-12)11-5-1-2-7-15-11/h1-2,5,7-8H,3-4,6,9,14H2. The Bertz CT molecular complexity index is 691. The molecule has 0 spiro atoms. The Labute approximate surface area is 121 Å². The summed E-state index contributed by atoms with van der Waals surface area (Å²) < 4.78 is 6.87. The molecule has 8 nitrogen and oxygen atoms in total. The SMILES string of the molecule is NCCCc1cn(Cc2nc(-c3ccccn3)no2)nn1. The Morgan fingerprint density at radius 1 is 1.29 bits per heavy atom. The van der Waals surface area contributed by atoms with E-state index in [0.29, 0.717) is 30.5 Å². The minimum atomic E-state index is 0.384. The molecular formula is C13H15N7O. The number of pyridine rings is 1. The zero-order valence-electron chi connectivity index (χ0n) is 11.4. The van der Waals surface area contributed by atoms with E-state index in [2.05, 4.69) is 25.4 Å². The van der Waals surface area contributed by atoms with Gasteiger partial charge in [-0.3, -0.25) is 4.98 Å². The van der Waals surface area contributed by atoms with Crippen LogP contribution in [0.2, 0.25) is 0 Å². The van der Waals surface area contributed by atoms with Gasteiger partial charge < -0.3 is 10.3 Å². The normalized spacial score (nSPS) is 10.9. The molecular weight excluding hydrogens is 270 g/mol. The predicted octanol–water partition coefficient (Wildman–Crippen LogP) is 0.663. The highest BCUT2D eigenvalue weighted by atomic mass is 16.5. The molecule has 2 N–H and O–H groups in total. The van der Waals surface area contributed by atoms with Crippen molar-refractivity contribution < 1.29 is 4.52 Å². The van der Waals surface area contributed by atoms with Gasteiger partial charge in [0.2, 0.25) is 11.7 Å². The van der Waals surface area contributed by atoms with Crippen LogP contribution in [0.5, 0.6) is 0 Å². The third-order valence-corrected chi connectivity index (χ3v) is 2.88. The number of aryl methyl sites for hydroxylation is 1. The van der Waals surface area contributed by atoms with Crippen molar-refractivity contribution in [3.05, 3.63) is 42.2 Å². The second-order valence-corrected chi connectivity index (χ2v) is 4.53. The Balaban J connectivity index is 1.68. The van der Waals surface area contributed by atoms with Crippen LogP contribution < -0.4 is 5.73 Å². The first-order valence-electron chi connectivity index (χ1n) is 6.68. The molecule has 0 aliphatic heterocycles. The van der Waals surface area contributed by atoms with E-state index in [4.69, 9.17) is 10.3 Å². The maximum atomic E-state index is 5.47. The van der Waals surface area contributed by atoms with E-state index in [1.807, 2.05) is 24.4 Å². The number of nitrogens with zero attached hydrogens (tertiary/aromatic N) is 6. The van der Waals surface area contributed by atoms with E-state index < -0.39 is 0 Å². The first kappa shape index (κ1) is 13.4. The van der Waals surface area contributed by atoms with Crippen molar-refractivity contribution >= 4 is 0 Å². The third kappa shape index (κ3) is 3.29. The molecule has 3 aromatic heterocycles. The summed E-state index contributed by atoms with van der Waals surface area (Å²) in [6, 6.07) is 5.54. The molecule has 0 unspecified atom stereocenters. The van der Waals surface area contributed by atoms with Gasteiger partial charge in [0, 0.05) is 12.4 Å². The van der Waals surface area contributed by atoms with E-state index in [0.717, 1.165) is 18.5 Å². The molecule has 0 amide bonds. The summed E-state index contributed by atoms with van der Waals surface area (Å²) in [6.45, 7) is 1.03. The van der Waals surface area contributed by atoms with Gasteiger partial charge >= 0.3 is 0 Å². The third-order valence-electron chi connectivity index (χ3n) is 2.88. The summed E-state index contributed by atoms with van der Waals surface area (Å²) in [6.07, 6.45) is 5.26. The van der Waals surface area contributed by atoms with Gasteiger partial charge in [-0.05, 0) is 31.5 Å². The van der Waals surface area contributed by atoms with Crippen molar-refractivity contribution in [2.75, 3.05) is 6.54 Å². The summed E-state index contributed by atoms with van der Waals surface area (Å²) in [4.78, 5) is 8.47. The van der Waals surface area contributed by atoms with Gasteiger partial charge in [0.1, 0.15) is 12.2 Å². The van der Waals surface area contributed by atoms with E-state index >= 15 is 0 Å². The smallest absolute Gasteiger partial charge is 0.248 e. The number of hydrogen-bond acceptors (Lipinski definition) is 7. The summed E-state index contributed by atoms with van der Waals surface area (Å²) >= 11 is 0. The summed E-state index contributed by atoms with van der Waals surface area (Å²) in [5.41, 5.74) is 7.05. The number of rotatable bonds is 6. The molecule has 0 aliphatic rings. The monoisotopic (exact) mass is 285 g/mol. The Morgan fingerprint density at radius 3 is 3.05 bits per heavy atom. The first-order valence-corrected chi connectivity index (χ1v) is 6.68. The second kappa shape index (κ2) is 6.23. The largest absolute Gasteiger partial charge is 0.337 e. The molecule has 0 atom stereocenters. The van der Waals surface area contributed by atoms with E-state index in [1.54, 1.807) is 10.9 Å². The summed E-state index contributed by atoms with van der Waals surface area (Å²) in [5.74, 6) is 0.931. The number of hydrogen-bond donors (Lipinski definition) is 1. The van der Waals surface area contributed by atoms with Gasteiger partial charge in [0.25, 0.3) is 0 Å². The van der Waals surface area contributed by atoms with Crippen LogP contribution >= 0.6 is 0 Å². The van der Waals surface area contributed by atoms with Crippen LogP contribution in [0.4, 0.5) is 0 Å². The minimum absolute atomic E-state index is 0.384. The fraction of sp³-hybridized carbons (Fsp3) is 0.308. The van der Waals surface area contributed by atoms with Crippen molar-refractivity contribution in [3.8, 4) is 11.5 Å². The lowest BCUT2D eigenvalue weighted by Crippen LogP contribution is -2.01. The molecule has 0 saturated carbocycles. The average molecular weight is 285 g/mol. The molecule has 0 bridgehead atoms. The molecule has 0 fully saturated rings. The van der Waals surface area contributed by atoms with Crippen LogP contribution in [0.1, 0.15) is 18.0 Å². The topological polar surface area (TPSA) is 109 Å². The highest BCUT2D eigenvalue weighted by molar-refractivity contribution is 5.46. The maximum absolute atomic E-state index is 5.47. The van der Waals surface area contributed by atoms with Crippen LogP contribution in [0.25, 0.3) is 11.5 Å². The highest BCUT2D eigenvalue weighted by Crippen LogP contribution is 2.12. The lowest BCUT2D eigenvalue weighted by molar-refractivity contribution is 0.364. The van der Waals surface area contributed by atoms with Crippen molar-refractivity contribution in [2.45, 2.75) is 19.4 Å². The zero-order chi connectivity index (χ0) is 14.5. The highest BCUT2D eigenvalue weighted by Gasteiger charge is 2.10. The molecule has 3 heterocycles. The van der Waals surface area contributed by atoms with Crippen LogP contribution in [0, 0.1) is 0 Å². The summed E-state index contributed by atoms with van der Waals surface area (Å²) in [5, 5.41) is 12.0. The van der Waals surface area contributed by atoms with Crippen LogP contribution in [-0.2, 0) is 13.0 Å². The van der Waals surface area contributed by atoms with Gasteiger partial charge in [-0.2, -0.15) is 4.98 Å². The molecule has 3 rings (SSSR count). The van der Waals surface area contributed by atoms with Gasteiger partial charge in [-0.15, -0.1) is 5.10 Å². The van der Waals surface area contributed by atoms with Gasteiger partial charge in [0.15, 0.2) is 0 Å². The predicted molar refractivity (Wildman–Crippen MR) is 74.0 cm³/mol. The van der Waals surface area contributed by atoms with E-state index in [9.17, 15) is 0 Å². The van der Waals surface area contributed by atoms with Gasteiger partial charge in [-0.1, -0.05) is 16.4 Å². The Morgan fingerprint density at radius 2 is 2.24 bits per heavy atom. The minimum Gasteiger partial charge on any atom is -0.337 e. The molecule has 108 valence electrons. The second-order valence-electron chi connectivity index (χ2n) is 4.53. The van der Waals surface area contributed by atoms with Crippen LogP contribution in [0.15, 0.2) is 35.1 Å². The van der Waals surface area contributed by atoms with E-state index in [-0.39, 0.29) is 0 Å². The Kier molecular flexibility index (Phi) is 3.97. The van der Waals surface area contributed by atoms with Gasteiger partial charge in [0.05, 0.1) is 5.69 Å². The first-order chi connectivity index (χ1) is 10.3. The lowest BCUT2D eigenvalue weighted by atomic mass is 10.2. The molecule has 0 radical (unpaired) electrons. The molecule has 3 aromatic rings. The summed E-state index contributed by atoms with van der Waals surface area (Å²) in [7, 11) is 0. The van der Waals surface area contributed by atoms with Crippen molar-refractivity contribution in [1.82, 2.24) is 30.1 Å². The van der Waals surface area contributed by atoms with Crippen molar-refractivity contribution in [1.29, 1.82) is 0 Å².